The van der Waals surface area contributed by atoms with Crippen LogP contribution in [-0.4, -0.2) is 41.0 Å². The summed E-state index contributed by atoms with van der Waals surface area (Å²) >= 11 is 7.95. The maximum atomic E-state index is 12.0. The van der Waals surface area contributed by atoms with Crippen LogP contribution in [0.3, 0.4) is 0 Å². The summed E-state index contributed by atoms with van der Waals surface area (Å²) in [5, 5.41) is 4.75. The van der Waals surface area contributed by atoms with Crippen LogP contribution < -0.4 is 10.5 Å². The van der Waals surface area contributed by atoms with Crippen LogP contribution >= 0.6 is 22.9 Å². The molecule has 0 radical (unpaired) electrons. The third-order valence-electron chi connectivity index (χ3n) is 5.42. The number of piperazine rings is 1. The van der Waals surface area contributed by atoms with Gasteiger partial charge in [0.2, 0.25) is 0 Å². The van der Waals surface area contributed by atoms with Crippen LogP contribution in [0, 0.1) is 6.92 Å². The van der Waals surface area contributed by atoms with Gasteiger partial charge in [0.05, 0.1) is 5.39 Å². The maximum absolute atomic E-state index is 12.0. The number of thiophene rings is 1. The van der Waals surface area contributed by atoms with Gasteiger partial charge in [-0.1, -0.05) is 11.6 Å². The number of halogens is 1. The quantitative estimate of drug-likeness (QED) is 0.460. The molecule has 0 spiro atoms. The van der Waals surface area contributed by atoms with Crippen LogP contribution in [0.4, 0.5) is 5.82 Å². The third-order valence-corrected chi connectivity index (χ3v) is 6.64. The average Bonchev–Trinajstić information content (AvgIpc) is 3.19. The third kappa shape index (κ3) is 3.50. The molecule has 1 aromatic carbocycles. The fraction of sp³-hybridized carbons (Fsp3) is 0.286. The molecule has 1 saturated heterocycles. The van der Waals surface area contributed by atoms with Gasteiger partial charge in [0.1, 0.15) is 22.6 Å². The van der Waals surface area contributed by atoms with Crippen molar-refractivity contribution in [1.29, 1.82) is 0 Å². The second kappa shape index (κ2) is 7.40. The standard InChI is InChI=1S/C21H19ClN4O2S/c1-13-8-18-16(10-17(13)22)14(9-19(27)28-18)11-25-3-5-26(6-4-25)20-15-2-7-29-21(15)24-12-23-20/h2,7-10,12H,3-6,11H2,1H3. The molecular formula is C21H19ClN4O2S. The first-order valence-electron chi connectivity index (χ1n) is 9.47. The van der Waals surface area contributed by atoms with Gasteiger partial charge >= 0.3 is 5.63 Å². The highest BCUT2D eigenvalue weighted by Gasteiger charge is 2.21. The molecule has 6 nitrogen and oxygen atoms in total. The first-order valence-corrected chi connectivity index (χ1v) is 10.7. The van der Waals surface area contributed by atoms with E-state index < -0.39 is 0 Å². The first-order chi connectivity index (χ1) is 14.1. The number of fused-ring (bicyclic) bond motifs is 2. The summed E-state index contributed by atoms with van der Waals surface area (Å²) in [4.78, 5) is 26.6. The molecule has 0 unspecified atom stereocenters. The number of aryl methyl sites for hydroxylation is 1. The molecule has 0 aliphatic carbocycles. The Morgan fingerprint density at radius 1 is 1.14 bits per heavy atom. The van der Waals surface area contributed by atoms with Gasteiger partial charge in [-0.3, -0.25) is 4.90 Å². The predicted octanol–water partition coefficient (Wildman–Crippen LogP) is 4.08. The highest BCUT2D eigenvalue weighted by Crippen LogP contribution is 2.29. The molecule has 8 heteroatoms. The lowest BCUT2D eigenvalue weighted by atomic mass is 10.1. The van der Waals surface area contributed by atoms with Crippen molar-refractivity contribution in [2.75, 3.05) is 31.1 Å². The fourth-order valence-electron chi connectivity index (χ4n) is 3.87. The summed E-state index contributed by atoms with van der Waals surface area (Å²) in [5.74, 6) is 1.00. The van der Waals surface area contributed by atoms with Crippen molar-refractivity contribution in [2.45, 2.75) is 13.5 Å². The first kappa shape index (κ1) is 18.5. The Hall–Kier alpha value is -2.48. The molecule has 29 heavy (non-hydrogen) atoms. The van der Waals surface area contributed by atoms with Crippen LogP contribution in [0.2, 0.25) is 5.02 Å². The molecule has 1 aliphatic rings. The second-order valence-corrected chi connectivity index (χ2v) is 8.59. The Kier molecular flexibility index (Phi) is 4.73. The molecule has 4 heterocycles. The predicted molar refractivity (Wildman–Crippen MR) is 117 cm³/mol. The van der Waals surface area contributed by atoms with Crippen molar-refractivity contribution in [2.24, 2.45) is 0 Å². The van der Waals surface area contributed by atoms with Crippen LogP contribution in [0.15, 0.2) is 45.2 Å². The lowest BCUT2D eigenvalue weighted by Crippen LogP contribution is -2.46. The number of anilines is 1. The topological polar surface area (TPSA) is 62.5 Å². The summed E-state index contributed by atoms with van der Waals surface area (Å²) in [7, 11) is 0. The van der Waals surface area contributed by atoms with Crippen LogP contribution in [-0.2, 0) is 6.54 Å². The molecule has 0 saturated carbocycles. The molecule has 148 valence electrons. The zero-order chi connectivity index (χ0) is 20.0. The Bertz CT molecular complexity index is 1260. The van der Waals surface area contributed by atoms with Crippen molar-refractivity contribution < 1.29 is 4.42 Å². The summed E-state index contributed by atoms with van der Waals surface area (Å²) in [6, 6.07) is 7.40. The highest BCUT2D eigenvalue weighted by molar-refractivity contribution is 7.16. The molecule has 0 N–H and O–H groups in total. The summed E-state index contributed by atoms with van der Waals surface area (Å²) < 4.78 is 5.38. The zero-order valence-electron chi connectivity index (χ0n) is 15.9. The van der Waals surface area contributed by atoms with E-state index in [0.29, 0.717) is 17.2 Å². The van der Waals surface area contributed by atoms with Crippen LogP contribution in [0.1, 0.15) is 11.1 Å². The summed E-state index contributed by atoms with van der Waals surface area (Å²) in [5.41, 5.74) is 2.12. The average molecular weight is 427 g/mol. The number of nitrogens with zero attached hydrogens (tertiary/aromatic N) is 4. The minimum absolute atomic E-state index is 0.325. The van der Waals surface area contributed by atoms with Crippen LogP contribution in [0.5, 0.6) is 0 Å². The minimum Gasteiger partial charge on any atom is -0.423 e. The van der Waals surface area contributed by atoms with Crippen molar-refractivity contribution in [3.8, 4) is 0 Å². The van der Waals surface area contributed by atoms with Gasteiger partial charge in [-0.2, -0.15) is 0 Å². The molecule has 1 aliphatic heterocycles. The van der Waals surface area contributed by atoms with Gasteiger partial charge in [0.15, 0.2) is 0 Å². The van der Waals surface area contributed by atoms with E-state index in [2.05, 4.69) is 31.2 Å². The molecule has 4 aromatic rings. The van der Waals surface area contributed by atoms with Gasteiger partial charge in [-0.05, 0) is 41.6 Å². The normalized spacial score (nSPS) is 15.4. The molecular weight excluding hydrogens is 408 g/mol. The number of benzene rings is 1. The highest BCUT2D eigenvalue weighted by atomic mass is 35.5. The molecule has 0 amide bonds. The maximum Gasteiger partial charge on any atom is 0.336 e. The molecule has 0 atom stereocenters. The van der Waals surface area contributed by atoms with Gasteiger partial charge < -0.3 is 9.32 Å². The zero-order valence-corrected chi connectivity index (χ0v) is 17.5. The number of hydrogen-bond acceptors (Lipinski definition) is 7. The SMILES string of the molecule is Cc1cc2oc(=O)cc(CN3CCN(c4ncnc5sccc45)CC3)c2cc1Cl. The largest absolute Gasteiger partial charge is 0.423 e. The second-order valence-electron chi connectivity index (χ2n) is 7.29. The van der Waals surface area contributed by atoms with E-state index in [-0.39, 0.29) is 5.63 Å². The van der Waals surface area contributed by atoms with Crippen LogP contribution in [0.25, 0.3) is 21.2 Å². The van der Waals surface area contributed by atoms with Crippen molar-refractivity contribution >= 4 is 49.9 Å². The van der Waals surface area contributed by atoms with Gasteiger partial charge in [-0.25, -0.2) is 14.8 Å². The van der Waals surface area contributed by atoms with Gasteiger partial charge in [-0.15, -0.1) is 11.3 Å². The Morgan fingerprint density at radius 3 is 2.79 bits per heavy atom. The van der Waals surface area contributed by atoms with E-state index >= 15 is 0 Å². The molecule has 1 fully saturated rings. The Morgan fingerprint density at radius 2 is 1.97 bits per heavy atom. The van der Waals surface area contributed by atoms with E-state index in [1.54, 1.807) is 23.7 Å². The lowest BCUT2D eigenvalue weighted by molar-refractivity contribution is 0.250. The smallest absolute Gasteiger partial charge is 0.336 e. The lowest BCUT2D eigenvalue weighted by Gasteiger charge is -2.35. The summed E-state index contributed by atoms with van der Waals surface area (Å²) in [6.07, 6.45) is 1.64. The fourth-order valence-corrected chi connectivity index (χ4v) is 4.76. The number of rotatable bonds is 3. The molecule has 0 bridgehead atoms. The van der Waals surface area contributed by atoms with Crippen molar-refractivity contribution in [3.63, 3.8) is 0 Å². The van der Waals surface area contributed by atoms with Crippen molar-refractivity contribution in [1.82, 2.24) is 14.9 Å². The van der Waals surface area contributed by atoms with Crippen molar-refractivity contribution in [3.05, 3.63) is 62.5 Å². The van der Waals surface area contributed by atoms with E-state index in [9.17, 15) is 4.79 Å². The molecule has 5 rings (SSSR count). The van der Waals surface area contributed by atoms with E-state index in [1.165, 1.54) is 0 Å². The Labute approximate surface area is 176 Å². The Balaban J connectivity index is 1.36. The number of hydrogen-bond donors (Lipinski definition) is 0. The van der Waals surface area contributed by atoms with Gasteiger partial charge in [0.25, 0.3) is 0 Å². The summed E-state index contributed by atoms with van der Waals surface area (Å²) in [6.45, 7) is 6.12. The van der Waals surface area contributed by atoms with Gasteiger partial charge in [0, 0.05) is 49.2 Å². The van der Waals surface area contributed by atoms with E-state index in [4.69, 9.17) is 16.0 Å². The molecule has 3 aromatic heterocycles. The monoisotopic (exact) mass is 426 g/mol. The van der Waals surface area contributed by atoms with E-state index in [1.807, 2.05) is 19.1 Å². The van der Waals surface area contributed by atoms with E-state index in [0.717, 1.165) is 58.7 Å². The number of aromatic nitrogens is 2. The minimum atomic E-state index is -0.325.